The topological polar surface area (TPSA) is 81.0 Å². The van der Waals surface area contributed by atoms with Crippen LogP contribution in [0.2, 0.25) is 0 Å². The summed E-state index contributed by atoms with van der Waals surface area (Å²) in [6.07, 6.45) is 0. The summed E-state index contributed by atoms with van der Waals surface area (Å²) in [5.74, 6) is 0.768. The lowest BCUT2D eigenvalue weighted by atomic mass is 10.1. The highest BCUT2D eigenvalue weighted by Crippen LogP contribution is 2.29. The summed E-state index contributed by atoms with van der Waals surface area (Å²) >= 11 is 0. The van der Waals surface area contributed by atoms with E-state index < -0.39 is 4.92 Å². The zero-order valence-electron chi connectivity index (χ0n) is 10.7. The molecule has 0 spiro atoms. The van der Waals surface area contributed by atoms with Crippen molar-refractivity contribution in [2.24, 2.45) is 0 Å². The summed E-state index contributed by atoms with van der Waals surface area (Å²) in [6.45, 7) is 0. The number of benzene rings is 2. The van der Waals surface area contributed by atoms with E-state index in [-0.39, 0.29) is 5.69 Å². The summed E-state index contributed by atoms with van der Waals surface area (Å²) in [7, 11) is 1.61. The number of methoxy groups -OCH3 is 1. The van der Waals surface area contributed by atoms with Crippen LogP contribution in [0, 0.1) is 10.1 Å². The normalized spacial score (nSPS) is 10.7. The zero-order valence-corrected chi connectivity index (χ0v) is 10.7. The molecule has 0 atom stereocenters. The van der Waals surface area contributed by atoms with Crippen molar-refractivity contribution in [2.45, 2.75) is 0 Å². The molecule has 6 nitrogen and oxygen atoms in total. The predicted molar refractivity (Wildman–Crippen MR) is 74.7 cm³/mol. The Balaban J connectivity index is 2.09. The molecule has 6 heteroatoms. The number of nitro groups is 1. The fraction of sp³-hybridized carbons (Fsp3) is 0.0714. The van der Waals surface area contributed by atoms with E-state index in [1.165, 1.54) is 12.1 Å². The highest BCUT2D eigenvalue weighted by molar-refractivity contribution is 5.93. The van der Waals surface area contributed by atoms with Crippen LogP contribution in [0.15, 0.2) is 42.5 Å². The van der Waals surface area contributed by atoms with Gasteiger partial charge in [0, 0.05) is 23.1 Å². The van der Waals surface area contributed by atoms with E-state index in [0.29, 0.717) is 5.52 Å². The van der Waals surface area contributed by atoms with Crippen molar-refractivity contribution in [3.63, 3.8) is 0 Å². The maximum absolute atomic E-state index is 10.7. The highest BCUT2D eigenvalue weighted by atomic mass is 16.6. The number of nitrogens with zero attached hydrogens (tertiary/aromatic N) is 2. The molecule has 3 aromatic rings. The van der Waals surface area contributed by atoms with Crippen LogP contribution in [0.5, 0.6) is 5.75 Å². The second kappa shape index (κ2) is 4.65. The Morgan fingerprint density at radius 3 is 2.60 bits per heavy atom. The maximum atomic E-state index is 10.7. The summed E-state index contributed by atoms with van der Waals surface area (Å²) in [6, 6.07) is 12.2. The summed E-state index contributed by atoms with van der Waals surface area (Å²) in [5.41, 5.74) is 2.37. The standard InChI is InChI=1S/C14H11N3O3/c1-20-11-5-2-9(3-6-11)14-12-7-4-10(17(18)19)8-13(12)15-16-14/h2-8H,1H3,(H,15,16). The Morgan fingerprint density at radius 2 is 1.95 bits per heavy atom. The molecule has 0 aliphatic heterocycles. The molecule has 0 saturated carbocycles. The predicted octanol–water partition coefficient (Wildman–Crippen LogP) is 3.15. The van der Waals surface area contributed by atoms with Gasteiger partial charge in [-0.15, -0.1) is 0 Å². The van der Waals surface area contributed by atoms with Crippen molar-refractivity contribution in [1.29, 1.82) is 0 Å². The minimum absolute atomic E-state index is 0.0439. The number of aromatic nitrogens is 2. The maximum Gasteiger partial charge on any atom is 0.271 e. The Labute approximate surface area is 114 Å². The van der Waals surface area contributed by atoms with Gasteiger partial charge in [0.1, 0.15) is 5.75 Å². The van der Waals surface area contributed by atoms with Gasteiger partial charge in [0.15, 0.2) is 0 Å². The molecule has 100 valence electrons. The van der Waals surface area contributed by atoms with Crippen LogP contribution in [0.3, 0.4) is 0 Å². The minimum Gasteiger partial charge on any atom is -0.497 e. The van der Waals surface area contributed by atoms with E-state index in [9.17, 15) is 10.1 Å². The molecule has 0 aliphatic rings. The monoisotopic (exact) mass is 269 g/mol. The first-order valence-corrected chi connectivity index (χ1v) is 5.96. The van der Waals surface area contributed by atoms with E-state index in [1.807, 2.05) is 24.3 Å². The second-order valence-electron chi connectivity index (χ2n) is 4.29. The number of nitrogens with one attached hydrogen (secondary N) is 1. The largest absolute Gasteiger partial charge is 0.497 e. The molecule has 0 amide bonds. The van der Waals surface area contributed by atoms with E-state index in [1.54, 1.807) is 13.2 Å². The molecule has 0 unspecified atom stereocenters. The van der Waals surface area contributed by atoms with Gasteiger partial charge >= 0.3 is 0 Å². The summed E-state index contributed by atoms with van der Waals surface area (Å²) < 4.78 is 5.11. The smallest absolute Gasteiger partial charge is 0.271 e. The molecular weight excluding hydrogens is 258 g/mol. The number of non-ortho nitro benzene ring substituents is 1. The van der Waals surface area contributed by atoms with Crippen LogP contribution < -0.4 is 4.74 Å². The van der Waals surface area contributed by atoms with Gasteiger partial charge in [-0.2, -0.15) is 5.10 Å². The van der Waals surface area contributed by atoms with Crippen LogP contribution in [0.1, 0.15) is 0 Å². The van der Waals surface area contributed by atoms with Crippen molar-refractivity contribution in [1.82, 2.24) is 10.2 Å². The average molecular weight is 269 g/mol. The first kappa shape index (κ1) is 12.2. The summed E-state index contributed by atoms with van der Waals surface area (Å²) in [5, 5.41) is 18.7. The van der Waals surface area contributed by atoms with Gasteiger partial charge in [-0.25, -0.2) is 0 Å². The number of nitro benzene ring substituents is 1. The lowest BCUT2D eigenvalue weighted by Gasteiger charge is -2.01. The van der Waals surface area contributed by atoms with Crippen molar-refractivity contribution in [2.75, 3.05) is 7.11 Å². The SMILES string of the molecule is COc1ccc(-c2n[nH]c3cc([N+](=O)[O-])ccc23)cc1. The van der Waals surface area contributed by atoms with Crippen LogP contribution in [0.25, 0.3) is 22.2 Å². The van der Waals surface area contributed by atoms with Crippen LogP contribution in [0.4, 0.5) is 5.69 Å². The third kappa shape index (κ3) is 1.97. The first-order chi connectivity index (χ1) is 9.69. The third-order valence-corrected chi connectivity index (χ3v) is 3.12. The Kier molecular flexibility index (Phi) is 2.83. The van der Waals surface area contributed by atoms with E-state index in [2.05, 4.69) is 10.2 Å². The van der Waals surface area contributed by atoms with Crippen molar-refractivity contribution >= 4 is 16.6 Å². The van der Waals surface area contributed by atoms with Gasteiger partial charge in [-0.05, 0) is 30.3 Å². The average Bonchev–Trinajstić information content (AvgIpc) is 2.90. The molecule has 0 bridgehead atoms. The third-order valence-electron chi connectivity index (χ3n) is 3.12. The molecule has 2 aromatic carbocycles. The second-order valence-corrected chi connectivity index (χ2v) is 4.29. The Bertz CT molecular complexity index is 778. The molecule has 3 rings (SSSR count). The van der Waals surface area contributed by atoms with Gasteiger partial charge in [0.05, 0.1) is 23.2 Å². The number of rotatable bonds is 3. The fourth-order valence-electron chi connectivity index (χ4n) is 2.09. The first-order valence-electron chi connectivity index (χ1n) is 5.96. The minimum atomic E-state index is -0.423. The molecule has 20 heavy (non-hydrogen) atoms. The molecular formula is C14H11N3O3. The van der Waals surface area contributed by atoms with Crippen molar-refractivity contribution < 1.29 is 9.66 Å². The van der Waals surface area contributed by atoms with E-state index in [4.69, 9.17) is 4.74 Å². The lowest BCUT2D eigenvalue weighted by molar-refractivity contribution is -0.384. The van der Waals surface area contributed by atoms with Crippen LogP contribution >= 0.6 is 0 Å². The number of hydrogen-bond donors (Lipinski definition) is 1. The van der Waals surface area contributed by atoms with Crippen molar-refractivity contribution in [3.8, 4) is 17.0 Å². The molecule has 0 fully saturated rings. The number of H-pyrrole nitrogens is 1. The van der Waals surface area contributed by atoms with Crippen LogP contribution in [-0.2, 0) is 0 Å². The van der Waals surface area contributed by atoms with Crippen molar-refractivity contribution in [3.05, 3.63) is 52.6 Å². The van der Waals surface area contributed by atoms with E-state index >= 15 is 0 Å². The molecule has 1 N–H and O–H groups in total. The van der Waals surface area contributed by atoms with Gasteiger partial charge in [0.2, 0.25) is 0 Å². The fourth-order valence-corrected chi connectivity index (χ4v) is 2.09. The van der Waals surface area contributed by atoms with E-state index in [0.717, 1.165) is 22.4 Å². The molecule has 1 heterocycles. The number of aromatic amines is 1. The molecule has 0 radical (unpaired) electrons. The number of hydrogen-bond acceptors (Lipinski definition) is 4. The van der Waals surface area contributed by atoms with Gasteiger partial charge in [-0.1, -0.05) is 0 Å². The molecule has 0 aliphatic carbocycles. The Morgan fingerprint density at radius 1 is 1.20 bits per heavy atom. The molecule has 1 aromatic heterocycles. The lowest BCUT2D eigenvalue weighted by Crippen LogP contribution is -1.86. The van der Waals surface area contributed by atoms with Gasteiger partial charge in [0.25, 0.3) is 5.69 Å². The number of fused-ring (bicyclic) bond motifs is 1. The van der Waals surface area contributed by atoms with Crippen LogP contribution in [-0.4, -0.2) is 22.2 Å². The zero-order chi connectivity index (χ0) is 14.1. The number of ether oxygens (including phenoxy) is 1. The quantitative estimate of drug-likeness (QED) is 0.585. The van der Waals surface area contributed by atoms with Gasteiger partial charge < -0.3 is 4.74 Å². The molecule has 0 saturated heterocycles. The Hall–Kier alpha value is -2.89. The van der Waals surface area contributed by atoms with Gasteiger partial charge in [-0.3, -0.25) is 15.2 Å². The summed E-state index contributed by atoms with van der Waals surface area (Å²) in [4.78, 5) is 10.3. The highest BCUT2D eigenvalue weighted by Gasteiger charge is 2.12.